The number of halogens is 1. The molecule has 54 valence electrons. The maximum absolute atomic E-state index is 2.37. The van der Waals surface area contributed by atoms with Gasteiger partial charge in [0.15, 0.2) is 0 Å². The second-order valence-electron chi connectivity index (χ2n) is 2.89. The molecule has 0 aromatic heterocycles. The summed E-state index contributed by atoms with van der Waals surface area (Å²) in [4.78, 5) is 0. The topological polar surface area (TPSA) is 0 Å². The molecule has 2 heteroatoms. The van der Waals surface area contributed by atoms with Crippen molar-refractivity contribution in [3.63, 3.8) is 0 Å². The van der Waals surface area contributed by atoms with Gasteiger partial charge >= 0.3 is 95.3 Å². The van der Waals surface area contributed by atoms with Crippen molar-refractivity contribution < 1.29 is 0 Å². The predicted octanol–water partition coefficient (Wildman–Crippen LogP) is 2.24. The summed E-state index contributed by atoms with van der Waals surface area (Å²) >= 11 is 4.54. The Labute approximate surface area is 94.7 Å². The van der Waals surface area contributed by atoms with Crippen LogP contribution in [0.1, 0.15) is 0 Å². The van der Waals surface area contributed by atoms with Crippen LogP contribution in [-0.2, 0) is 0 Å². The molecule has 0 spiro atoms. The van der Waals surface area contributed by atoms with E-state index in [9.17, 15) is 0 Å². The molecule has 0 nitrogen and oxygen atoms in total. The van der Waals surface area contributed by atoms with E-state index in [4.69, 9.17) is 0 Å². The summed E-state index contributed by atoms with van der Waals surface area (Å²) in [7, 11) is 0. The zero-order valence-corrected chi connectivity index (χ0v) is 9.00. The Kier molecular flexibility index (Phi) is 2.45. The van der Waals surface area contributed by atoms with Gasteiger partial charge in [-0.2, -0.15) is 0 Å². The van der Waals surface area contributed by atoms with Gasteiger partial charge in [-0.05, 0) is 0 Å². The van der Waals surface area contributed by atoms with Gasteiger partial charge in [0.05, 0.1) is 0 Å². The van der Waals surface area contributed by atoms with Crippen molar-refractivity contribution in [2.75, 3.05) is 0 Å². The Bertz CT molecular complexity index is 423. The van der Waals surface area contributed by atoms with Gasteiger partial charge in [0.2, 0.25) is 0 Å². The average molecular weight is 260 g/mol. The van der Waals surface area contributed by atoms with Gasteiger partial charge < -0.3 is 0 Å². The number of hydrogen-bond donors (Lipinski definition) is 0. The molecule has 0 bridgehead atoms. The van der Waals surface area contributed by atoms with Gasteiger partial charge in [-0.15, -0.1) is 0 Å². The van der Waals surface area contributed by atoms with Gasteiger partial charge in [-0.1, -0.05) is 0 Å². The van der Waals surface area contributed by atoms with E-state index in [0.717, 1.165) is 0 Å². The Morgan fingerprint density at radius 3 is 2.58 bits per heavy atom. The summed E-state index contributed by atoms with van der Waals surface area (Å²) in [6.07, 6.45) is 0. The number of benzene rings is 2. The Morgan fingerprint density at radius 2 is 1.75 bits per heavy atom. The quantitative estimate of drug-likeness (QED) is 0.503. The molecule has 0 saturated heterocycles. The van der Waals surface area contributed by atoms with Crippen LogP contribution in [0, 0.1) is 3.57 Å². The summed E-state index contributed by atoms with van der Waals surface area (Å²) in [5.41, 5.74) is 0. The van der Waals surface area contributed by atoms with Gasteiger partial charge in [0.1, 0.15) is 0 Å². The van der Waals surface area contributed by atoms with E-state index in [1.807, 2.05) is 0 Å². The van der Waals surface area contributed by atoms with Crippen LogP contribution in [0.2, 0.25) is 0 Å². The van der Waals surface area contributed by atoms with Crippen molar-refractivity contribution in [2.45, 2.75) is 0 Å². The fourth-order valence-electron chi connectivity index (χ4n) is 1.40. The summed E-state index contributed by atoms with van der Waals surface area (Å²) in [6, 6.07) is 12.8. The third-order valence-electron chi connectivity index (χ3n) is 2.13. The molecule has 0 amide bonds. The van der Waals surface area contributed by atoms with Crippen molar-refractivity contribution >= 4 is 55.3 Å². The molecule has 0 unspecified atom stereocenters. The van der Waals surface area contributed by atoms with E-state index in [-0.39, 0.29) is 0 Å². The molecule has 12 heavy (non-hydrogen) atoms. The summed E-state index contributed by atoms with van der Waals surface area (Å²) < 4.78 is 2.72. The van der Waals surface area contributed by atoms with Crippen LogP contribution in [0.25, 0.3) is 10.8 Å². The third-order valence-corrected chi connectivity index (χ3v) is 3.30. The van der Waals surface area contributed by atoms with Crippen LogP contribution in [0.4, 0.5) is 0 Å². The predicted molar refractivity (Wildman–Crippen MR) is 62.1 cm³/mol. The Morgan fingerprint density at radius 1 is 1.00 bits per heavy atom. The fraction of sp³-hybridized carbons (Fsp3) is 0. The SMILES string of the molecule is [Li][c]1c(I)ccc2ccccc12. The standard InChI is InChI=1S/C10H6I.Li/c11-10-6-5-8-3-1-2-4-9(8)7-10;/h1-6H;. The van der Waals surface area contributed by atoms with Crippen molar-refractivity contribution in [3.05, 3.63) is 40.0 Å². The zero-order valence-electron chi connectivity index (χ0n) is 6.84. The van der Waals surface area contributed by atoms with Crippen LogP contribution in [0.15, 0.2) is 36.4 Å². The maximum atomic E-state index is 2.37. The second-order valence-corrected chi connectivity index (χ2v) is 4.06. The van der Waals surface area contributed by atoms with Crippen LogP contribution >= 0.6 is 22.6 Å². The molecule has 2 aromatic carbocycles. The van der Waals surface area contributed by atoms with E-state index in [1.54, 1.807) is 0 Å². The zero-order chi connectivity index (χ0) is 8.55. The van der Waals surface area contributed by atoms with E-state index in [0.29, 0.717) is 0 Å². The second kappa shape index (κ2) is 3.41. The van der Waals surface area contributed by atoms with Crippen molar-refractivity contribution in [1.82, 2.24) is 0 Å². The van der Waals surface area contributed by atoms with Gasteiger partial charge in [-0.3, -0.25) is 0 Å². The van der Waals surface area contributed by atoms with Crippen molar-refractivity contribution in [3.8, 4) is 0 Å². The molecule has 0 aliphatic carbocycles. The van der Waals surface area contributed by atoms with Gasteiger partial charge in [0.25, 0.3) is 0 Å². The summed E-state index contributed by atoms with van der Waals surface area (Å²) in [5.74, 6) is 0. The molecule has 2 rings (SSSR count). The van der Waals surface area contributed by atoms with Crippen molar-refractivity contribution in [2.24, 2.45) is 0 Å². The average Bonchev–Trinajstić information content (AvgIpc) is 2.12. The molecule has 0 saturated carbocycles. The van der Waals surface area contributed by atoms with Crippen LogP contribution < -0.4 is 4.24 Å². The van der Waals surface area contributed by atoms with Crippen LogP contribution in [0.3, 0.4) is 0 Å². The molecule has 0 aliphatic heterocycles. The molecule has 0 radical (unpaired) electrons. The first-order chi connectivity index (χ1) is 5.79. The minimum atomic E-state index is 1.33. The van der Waals surface area contributed by atoms with E-state index in [1.165, 1.54) is 18.6 Å². The van der Waals surface area contributed by atoms with Crippen molar-refractivity contribution in [1.29, 1.82) is 0 Å². The number of hydrogen-bond acceptors (Lipinski definition) is 0. The molecule has 0 heterocycles. The van der Waals surface area contributed by atoms with E-state index < -0.39 is 0 Å². The molecule has 0 aliphatic rings. The first-order valence-electron chi connectivity index (χ1n) is 3.93. The summed E-state index contributed by atoms with van der Waals surface area (Å²) in [6.45, 7) is 0. The van der Waals surface area contributed by atoms with E-state index in [2.05, 4.69) is 76.7 Å². The number of rotatable bonds is 0. The monoisotopic (exact) mass is 260 g/mol. The number of fused-ring (bicyclic) bond motifs is 1. The molecule has 2 aromatic rings. The molecular formula is C10H6ILi. The summed E-state index contributed by atoms with van der Waals surface area (Å²) in [5, 5.41) is 2.69. The molecule has 0 fully saturated rings. The molecular weight excluding hydrogens is 254 g/mol. The first kappa shape index (κ1) is 8.62. The molecule has 0 N–H and O–H groups in total. The third kappa shape index (κ3) is 1.42. The molecule has 0 atom stereocenters. The van der Waals surface area contributed by atoms with Crippen LogP contribution in [-0.4, -0.2) is 17.7 Å². The first-order valence-corrected chi connectivity index (χ1v) is 5.01. The van der Waals surface area contributed by atoms with E-state index >= 15 is 0 Å². The Balaban J connectivity index is 2.91. The Hall–Kier alpha value is 0.0274. The van der Waals surface area contributed by atoms with Crippen LogP contribution in [0.5, 0.6) is 0 Å². The normalized spacial score (nSPS) is 10.6. The minimum absolute atomic E-state index is 1.33. The van der Waals surface area contributed by atoms with Gasteiger partial charge in [0, 0.05) is 0 Å². The fourth-order valence-corrected chi connectivity index (χ4v) is 1.87. The van der Waals surface area contributed by atoms with Gasteiger partial charge in [-0.25, -0.2) is 0 Å².